The Morgan fingerprint density at radius 3 is 2.08 bits per heavy atom. The fourth-order valence-electron chi connectivity index (χ4n) is 2.35. The van der Waals surface area contributed by atoms with E-state index in [1.807, 2.05) is 0 Å². The molecule has 0 bridgehead atoms. The van der Waals surface area contributed by atoms with Gasteiger partial charge in [-0.05, 0) is 18.2 Å². The Bertz CT molecular complexity index is 933. The number of fused-ring (bicyclic) bond motifs is 1. The van der Waals surface area contributed by atoms with E-state index >= 15 is 0 Å². The molecule has 2 aromatic carbocycles. The molecule has 0 radical (unpaired) electrons. The second-order valence-corrected chi connectivity index (χ2v) is 5.82. The average molecular weight is 433 g/mol. The number of rotatable bonds is 3. The summed E-state index contributed by atoms with van der Waals surface area (Å²) in [5.74, 6) is -0.769. The van der Waals surface area contributed by atoms with Crippen molar-refractivity contribution in [1.82, 2.24) is 9.97 Å². The molecule has 3 rings (SSSR count). The lowest BCUT2D eigenvalue weighted by molar-refractivity contribution is 0.356. The molecule has 2 N–H and O–H groups in total. The molecule has 0 spiro atoms. The molecule has 0 aliphatic heterocycles. The van der Waals surface area contributed by atoms with Crippen LogP contribution in [0.1, 0.15) is 0 Å². The van der Waals surface area contributed by atoms with Gasteiger partial charge in [0.25, 0.3) is 0 Å². The third-order valence-corrected chi connectivity index (χ3v) is 3.92. The monoisotopic (exact) mass is 431 g/mol. The highest BCUT2D eigenvalue weighted by Gasteiger charge is 2.18. The highest BCUT2D eigenvalue weighted by atomic mass is 79.9. The van der Waals surface area contributed by atoms with Crippen LogP contribution in [0.4, 0.5) is 14.6 Å². The van der Waals surface area contributed by atoms with Crippen molar-refractivity contribution in [2.24, 2.45) is 0 Å². The maximum atomic E-state index is 14.2. The van der Waals surface area contributed by atoms with Gasteiger partial charge in [0.05, 0.1) is 25.3 Å². The predicted octanol–water partition coefficient (Wildman–Crippen LogP) is 4.36. The van der Waals surface area contributed by atoms with Crippen LogP contribution in [-0.4, -0.2) is 24.2 Å². The fourth-order valence-corrected chi connectivity index (χ4v) is 2.75. The first-order chi connectivity index (χ1) is 11.4. The number of hydrogen-bond acceptors (Lipinski definition) is 5. The Hall–Kier alpha value is -2.19. The summed E-state index contributed by atoms with van der Waals surface area (Å²) >= 11 is 3.03. The molecule has 0 saturated carbocycles. The van der Waals surface area contributed by atoms with E-state index in [4.69, 9.17) is 15.2 Å². The first-order valence-electron chi connectivity index (χ1n) is 6.78. The van der Waals surface area contributed by atoms with Crippen molar-refractivity contribution in [2.75, 3.05) is 20.0 Å². The lowest BCUT2D eigenvalue weighted by atomic mass is 10.1. The highest BCUT2D eigenvalue weighted by molar-refractivity contribution is 9.10. The standard InChI is InChI=1S/C16H12BrF2N3O2.ClH/c1-23-12-5-8-11(6-13(12)24-2)21-16(22-15(8)20)14-9(18)3-7(17)4-10(14)19;/h3-6H,1-2H3,(H2,20,21,22);1H. The van der Waals surface area contributed by atoms with Crippen LogP contribution < -0.4 is 15.2 Å². The molecule has 0 aliphatic rings. The third-order valence-electron chi connectivity index (χ3n) is 3.46. The van der Waals surface area contributed by atoms with Crippen molar-refractivity contribution >= 4 is 45.1 Å². The molecule has 1 aromatic heterocycles. The zero-order valence-corrected chi connectivity index (χ0v) is 15.5. The number of hydrogen-bond donors (Lipinski definition) is 1. The summed E-state index contributed by atoms with van der Waals surface area (Å²) < 4.78 is 39.0. The van der Waals surface area contributed by atoms with Crippen molar-refractivity contribution in [3.8, 4) is 22.9 Å². The van der Waals surface area contributed by atoms with E-state index in [2.05, 4.69) is 25.9 Å². The topological polar surface area (TPSA) is 70.3 Å². The van der Waals surface area contributed by atoms with Crippen LogP contribution in [0.15, 0.2) is 28.7 Å². The lowest BCUT2D eigenvalue weighted by Crippen LogP contribution is -2.02. The first-order valence-corrected chi connectivity index (χ1v) is 7.58. The Morgan fingerprint density at radius 1 is 0.960 bits per heavy atom. The number of methoxy groups -OCH3 is 2. The number of ether oxygens (including phenoxy) is 2. The quantitative estimate of drug-likeness (QED) is 0.666. The second-order valence-electron chi connectivity index (χ2n) is 4.90. The zero-order chi connectivity index (χ0) is 17.4. The Balaban J connectivity index is 0.00000225. The maximum absolute atomic E-state index is 14.2. The predicted molar refractivity (Wildman–Crippen MR) is 97.4 cm³/mol. The summed E-state index contributed by atoms with van der Waals surface area (Å²) in [5.41, 5.74) is 5.98. The van der Waals surface area contributed by atoms with Gasteiger partial charge in [-0.15, -0.1) is 12.4 Å². The van der Waals surface area contributed by atoms with Crippen molar-refractivity contribution in [1.29, 1.82) is 0 Å². The molecular formula is C16H13BrClF2N3O2. The summed E-state index contributed by atoms with van der Waals surface area (Å²) in [6.07, 6.45) is 0. The van der Waals surface area contributed by atoms with Crippen molar-refractivity contribution in [2.45, 2.75) is 0 Å². The van der Waals surface area contributed by atoms with E-state index in [9.17, 15) is 8.78 Å². The fraction of sp³-hybridized carbons (Fsp3) is 0.125. The average Bonchev–Trinajstić information content (AvgIpc) is 2.52. The van der Waals surface area contributed by atoms with E-state index in [1.54, 1.807) is 12.1 Å². The van der Waals surface area contributed by atoms with Crippen LogP contribution in [0.5, 0.6) is 11.5 Å². The molecule has 5 nitrogen and oxygen atoms in total. The summed E-state index contributed by atoms with van der Waals surface area (Å²) in [6, 6.07) is 5.46. The molecule has 0 atom stereocenters. The van der Waals surface area contributed by atoms with Gasteiger partial charge in [0.2, 0.25) is 0 Å². The van der Waals surface area contributed by atoms with Crippen molar-refractivity contribution in [3.63, 3.8) is 0 Å². The SMILES string of the molecule is COc1cc2nc(-c3c(F)cc(Br)cc3F)nc(N)c2cc1OC.Cl. The van der Waals surface area contributed by atoms with Crippen LogP contribution in [0, 0.1) is 11.6 Å². The van der Waals surface area contributed by atoms with Crippen LogP contribution in [-0.2, 0) is 0 Å². The normalized spacial score (nSPS) is 10.4. The van der Waals surface area contributed by atoms with Crippen LogP contribution in [0.3, 0.4) is 0 Å². The van der Waals surface area contributed by atoms with Crippen molar-refractivity contribution < 1.29 is 18.3 Å². The number of nitrogen functional groups attached to an aromatic ring is 1. The van der Waals surface area contributed by atoms with E-state index in [0.29, 0.717) is 22.4 Å². The number of benzene rings is 2. The molecule has 0 aliphatic carbocycles. The molecular weight excluding hydrogens is 420 g/mol. The molecule has 0 amide bonds. The van der Waals surface area contributed by atoms with Gasteiger partial charge in [-0.1, -0.05) is 15.9 Å². The third kappa shape index (κ3) is 3.45. The van der Waals surface area contributed by atoms with Crippen LogP contribution in [0.25, 0.3) is 22.3 Å². The van der Waals surface area contributed by atoms with Gasteiger partial charge in [-0.25, -0.2) is 18.7 Å². The smallest absolute Gasteiger partial charge is 0.168 e. The summed E-state index contributed by atoms with van der Waals surface area (Å²) in [5, 5.41) is 0.495. The highest BCUT2D eigenvalue weighted by Crippen LogP contribution is 2.35. The minimum absolute atomic E-state index is 0. The van der Waals surface area contributed by atoms with E-state index in [1.165, 1.54) is 14.2 Å². The maximum Gasteiger partial charge on any atom is 0.168 e. The van der Waals surface area contributed by atoms with Gasteiger partial charge >= 0.3 is 0 Å². The molecule has 0 unspecified atom stereocenters. The number of nitrogens with zero attached hydrogens (tertiary/aromatic N) is 2. The molecule has 25 heavy (non-hydrogen) atoms. The van der Waals surface area contributed by atoms with Crippen molar-refractivity contribution in [3.05, 3.63) is 40.4 Å². The molecule has 0 saturated heterocycles. The van der Waals surface area contributed by atoms with Gasteiger partial charge in [-0.3, -0.25) is 0 Å². The summed E-state index contributed by atoms with van der Waals surface area (Å²) in [4.78, 5) is 8.25. The number of anilines is 1. The van der Waals surface area contributed by atoms with Gasteiger partial charge in [0.1, 0.15) is 17.5 Å². The Kier molecular flexibility index (Phi) is 5.64. The molecule has 132 valence electrons. The lowest BCUT2D eigenvalue weighted by Gasteiger charge is -2.11. The van der Waals surface area contributed by atoms with Gasteiger partial charge in [-0.2, -0.15) is 0 Å². The van der Waals surface area contributed by atoms with Gasteiger partial charge in [0, 0.05) is 15.9 Å². The summed E-state index contributed by atoms with van der Waals surface area (Å²) in [7, 11) is 2.96. The summed E-state index contributed by atoms with van der Waals surface area (Å²) in [6.45, 7) is 0. The molecule has 3 aromatic rings. The largest absolute Gasteiger partial charge is 0.493 e. The zero-order valence-electron chi connectivity index (χ0n) is 13.1. The number of nitrogens with two attached hydrogens (primary N) is 1. The van der Waals surface area contributed by atoms with Crippen LogP contribution in [0.2, 0.25) is 0 Å². The second kappa shape index (κ2) is 7.37. The van der Waals surface area contributed by atoms with E-state index < -0.39 is 11.6 Å². The Morgan fingerprint density at radius 2 is 1.52 bits per heavy atom. The molecule has 0 fully saturated rings. The molecule has 1 heterocycles. The van der Waals surface area contributed by atoms with E-state index in [-0.39, 0.29) is 34.1 Å². The molecule has 9 heteroatoms. The minimum atomic E-state index is -0.791. The van der Waals surface area contributed by atoms with Gasteiger partial charge in [0.15, 0.2) is 17.3 Å². The minimum Gasteiger partial charge on any atom is -0.493 e. The van der Waals surface area contributed by atoms with Gasteiger partial charge < -0.3 is 15.2 Å². The number of aromatic nitrogens is 2. The Labute approximate surface area is 156 Å². The van der Waals surface area contributed by atoms with E-state index in [0.717, 1.165) is 12.1 Å². The first kappa shape index (κ1) is 19.1. The van der Waals surface area contributed by atoms with Crippen LogP contribution >= 0.6 is 28.3 Å². The number of halogens is 4.